The van der Waals surface area contributed by atoms with E-state index in [1.807, 2.05) is 18.2 Å². The molecule has 0 saturated heterocycles. The van der Waals surface area contributed by atoms with Gasteiger partial charge in [-0.2, -0.15) is 0 Å². The molecule has 0 amide bonds. The Labute approximate surface area is 193 Å². The molecule has 2 aromatic carbocycles. The second kappa shape index (κ2) is 7.98. The average Bonchev–Trinajstić information content (AvgIpc) is 3.60. The Morgan fingerprint density at radius 3 is 2.12 bits per heavy atom. The van der Waals surface area contributed by atoms with Crippen LogP contribution in [0.15, 0.2) is 52.3 Å². The molecule has 2 saturated carbocycles. The minimum Gasteiger partial charge on any atom is -0.224 e. The van der Waals surface area contributed by atoms with Crippen LogP contribution in [0.1, 0.15) is 81.9 Å². The van der Waals surface area contributed by atoms with E-state index in [9.17, 15) is 16.8 Å². The monoisotopic (exact) mass is 474 g/mol. The third kappa shape index (κ3) is 4.81. The van der Waals surface area contributed by atoms with Gasteiger partial charge in [-0.3, -0.25) is 0 Å². The fourth-order valence-corrected chi connectivity index (χ4v) is 7.63. The summed E-state index contributed by atoms with van der Waals surface area (Å²) >= 11 is 0. The van der Waals surface area contributed by atoms with E-state index in [-0.39, 0.29) is 22.5 Å². The summed E-state index contributed by atoms with van der Waals surface area (Å²) in [5.41, 5.74) is 3.17. The second-order valence-electron chi connectivity index (χ2n) is 10.8. The second-order valence-corrected chi connectivity index (χ2v) is 15.0. The van der Waals surface area contributed by atoms with Crippen molar-refractivity contribution in [2.75, 3.05) is 6.26 Å². The van der Waals surface area contributed by atoms with Crippen LogP contribution in [0.3, 0.4) is 0 Å². The molecule has 2 aliphatic rings. The lowest BCUT2D eigenvalue weighted by molar-refractivity contribution is 0.577. The van der Waals surface area contributed by atoms with Gasteiger partial charge in [0.15, 0.2) is 19.7 Å². The number of hydrogen-bond acceptors (Lipinski definition) is 4. The van der Waals surface area contributed by atoms with Crippen LogP contribution in [0, 0.1) is 5.92 Å². The van der Waals surface area contributed by atoms with Gasteiger partial charge in [-0.15, -0.1) is 0 Å². The zero-order chi connectivity index (χ0) is 23.5. The smallest absolute Gasteiger partial charge is 0.181 e. The zero-order valence-electron chi connectivity index (χ0n) is 19.6. The number of sulfone groups is 2. The van der Waals surface area contributed by atoms with Crippen LogP contribution in [-0.2, 0) is 25.1 Å². The summed E-state index contributed by atoms with van der Waals surface area (Å²) in [6.07, 6.45) is 4.84. The van der Waals surface area contributed by atoms with Crippen LogP contribution < -0.4 is 0 Å². The molecule has 0 aromatic heterocycles. The van der Waals surface area contributed by atoms with Gasteiger partial charge >= 0.3 is 0 Å². The summed E-state index contributed by atoms with van der Waals surface area (Å²) in [5, 5.41) is -0.316. The SMILES string of the molecule is CC(CC1CC1S(=O)(=O)c1ccc(C(C)(C)C)cc1)c1ccc(S(C)(=O)=O)c(C2CC2)c1. The summed E-state index contributed by atoms with van der Waals surface area (Å²) < 4.78 is 50.6. The largest absolute Gasteiger partial charge is 0.224 e. The van der Waals surface area contributed by atoms with Crippen molar-refractivity contribution in [2.24, 2.45) is 5.92 Å². The van der Waals surface area contributed by atoms with Crippen molar-refractivity contribution in [3.63, 3.8) is 0 Å². The molecule has 0 heterocycles. The highest BCUT2D eigenvalue weighted by Gasteiger charge is 2.48. The van der Waals surface area contributed by atoms with Gasteiger partial charge in [0.05, 0.1) is 15.0 Å². The molecule has 0 radical (unpaired) electrons. The normalized spacial score (nSPS) is 22.5. The summed E-state index contributed by atoms with van der Waals surface area (Å²) in [6, 6.07) is 13.1. The molecule has 2 aromatic rings. The van der Waals surface area contributed by atoms with Crippen LogP contribution in [0.2, 0.25) is 0 Å². The Bertz CT molecular complexity index is 1220. The van der Waals surface area contributed by atoms with E-state index in [2.05, 4.69) is 33.8 Å². The summed E-state index contributed by atoms with van der Waals surface area (Å²) in [6.45, 7) is 8.47. The molecule has 0 aliphatic heterocycles. The molecule has 4 nitrogen and oxygen atoms in total. The van der Waals surface area contributed by atoms with Crippen molar-refractivity contribution in [3.05, 3.63) is 59.2 Å². The Hall–Kier alpha value is -1.66. The predicted molar refractivity (Wildman–Crippen MR) is 129 cm³/mol. The van der Waals surface area contributed by atoms with Gasteiger partial charge in [-0.05, 0) is 83.7 Å². The molecule has 3 unspecified atom stereocenters. The first-order valence-corrected chi connectivity index (χ1v) is 14.9. The predicted octanol–water partition coefficient (Wildman–Crippen LogP) is 5.62. The molecule has 3 atom stereocenters. The Balaban J connectivity index is 1.47. The van der Waals surface area contributed by atoms with Gasteiger partial charge in [0.25, 0.3) is 0 Å². The maximum Gasteiger partial charge on any atom is 0.181 e. The number of hydrogen-bond donors (Lipinski definition) is 0. The fraction of sp³-hybridized carbons (Fsp3) is 0.538. The molecular weight excluding hydrogens is 440 g/mol. The summed E-state index contributed by atoms with van der Waals surface area (Å²) in [7, 11) is -6.56. The quantitative estimate of drug-likeness (QED) is 0.522. The van der Waals surface area contributed by atoms with Gasteiger partial charge in [-0.1, -0.05) is 52.0 Å². The molecule has 174 valence electrons. The molecule has 6 heteroatoms. The van der Waals surface area contributed by atoms with Crippen molar-refractivity contribution in [2.45, 2.75) is 85.7 Å². The topological polar surface area (TPSA) is 68.3 Å². The average molecular weight is 475 g/mol. The van der Waals surface area contributed by atoms with Crippen LogP contribution >= 0.6 is 0 Å². The van der Waals surface area contributed by atoms with E-state index in [1.165, 1.54) is 6.26 Å². The molecule has 2 fully saturated rings. The first kappa shape index (κ1) is 23.5. The molecule has 4 rings (SSSR count). The number of benzene rings is 2. The molecule has 0 bridgehead atoms. The van der Waals surface area contributed by atoms with Gasteiger partial charge < -0.3 is 0 Å². The highest BCUT2D eigenvalue weighted by Crippen LogP contribution is 2.48. The minimum absolute atomic E-state index is 0.00812. The molecule has 32 heavy (non-hydrogen) atoms. The lowest BCUT2D eigenvalue weighted by atomic mass is 9.87. The van der Waals surface area contributed by atoms with E-state index in [0.29, 0.717) is 22.1 Å². The minimum atomic E-state index is -3.32. The van der Waals surface area contributed by atoms with E-state index >= 15 is 0 Å². The Morgan fingerprint density at radius 1 is 0.969 bits per heavy atom. The van der Waals surface area contributed by atoms with Crippen molar-refractivity contribution in [3.8, 4) is 0 Å². The van der Waals surface area contributed by atoms with Crippen molar-refractivity contribution >= 4 is 19.7 Å². The maximum absolute atomic E-state index is 13.1. The van der Waals surface area contributed by atoms with Crippen LogP contribution in [0.5, 0.6) is 0 Å². The van der Waals surface area contributed by atoms with Crippen LogP contribution in [0.4, 0.5) is 0 Å². The van der Waals surface area contributed by atoms with Gasteiger partial charge in [-0.25, -0.2) is 16.8 Å². The van der Waals surface area contributed by atoms with Crippen molar-refractivity contribution in [1.29, 1.82) is 0 Å². The van der Waals surface area contributed by atoms with Gasteiger partial charge in [0, 0.05) is 6.26 Å². The number of rotatable bonds is 7. The van der Waals surface area contributed by atoms with E-state index in [0.717, 1.165) is 36.0 Å². The Kier molecular flexibility index (Phi) is 5.86. The zero-order valence-corrected chi connectivity index (χ0v) is 21.3. The molecular formula is C26H34O4S2. The summed E-state index contributed by atoms with van der Waals surface area (Å²) in [5.74, 6) is 0.683. The Morgan fingerprint density at radius 2 is 1.59 bits per heavy atom. The molecule has 2 aliphatic carbocycles. The first-order valence-electron chi connectivity index (χ1n) is 11.5. The van der Waals surface area contributed by atoms with Crippen molar-refractivity contribution in [1.82, 2.24) is 0 Å². The van der Waals surface area contributed by atoms with E-state index in [1.54, 1.807) is 18.2 Å². The van der Waals surface area contributed by atoms with E-state index < -0.39 is 19.7 Å². The standard InChI is InChI=1S/C26H34O4S2/c1-17(19-8-13-24(31(5,27)28)23(15-19)18-6-7-18)14-20-16-25(20)32(29,30)22-11-9-21(10-12-22)26(2,3)4/h8-13,15,17-18,20,25H,6-7,14,16H2,1-5H3. The van der Waals surface area contributed by atoms with Crippen molar-refractivity contribution < 1.29 is 16.8 Å². The fourth-order valence-electron chi connectivity index (χ4n) is 4.68. The van der Waals surface area contributed by atoms with E-state index in [4.69, 9.17) is 0 Å². The third-order valence-electron chi connectivity index (χ3n) is 6.98. The lowest BCUT2D eigenvalue weighted by Crippen LogP contribution is -2.13. The highest BCUT2D eigenvalue weighted by molar-refractivity contribution is 7.92. The van der Waals surface area contributed by atoms with Gasteiger partial charge in [0.2, 0.25) is 0 Å². The van der Waals surface area contributed by atoms with Gasteiger partial charge in [0.1, 0.15) is 0 Å². The maximum atomic E-state index is 13.1. The summed E-state index contributed by atoms with van der Waals surface area (Å²) in [4.78, 5) is 0.862. The molecule has 0 spiro atoms. The molecule has 0 N–H and O–H groups in total. The highest BCUT2D eigenvalue weighted by atomic mass is 32.2. The van der Waals surface area contributed by atoms with Crippen LogP contribution in [-0.4, -0.2) is 28.3 Å². The first-order chi connectivity index (χ1) is 14.8. The lowest BCUT2D eigenvalue weighted by Gasteiger charge is -2.19. The van der Waals surface area contributed by atoms with Crippen LogP contribution in [0.25, 0.3) is 0 Å². The third-order valence-corrected chi connectivity index (χ3v) is 10.5.